The van der Waals surface area contributed by atoms with Gasteiger partial charge in [-0.2, -0.15) is 0 Å². The maximum atomic E-state index is 6.60. The molecule has 4 heteroatoms. The van der Waals surface area contributed by atoms with Gasteiger partial charge in [0.1, 0.15) is 18.8 Å². The van der Waals surface area contributed by atoms with Crippen molar-refractivity contribution in [2.24, 2.45) is 5.73 Å². The maximum Gasteiger partial charge on any atom is 0.204 e. The van der Waals surface area contributed by atoms with Crippen molar-refractivity contribution in [1.29, 1.82) is 0 Å². The summed E-state index contributed by atoms with van der Waals surface area (Å²) in [6.07, 6.45) is 5.50. The molecule has 108 valence electrons. The van der Waals surface area contributed by atoms with Gasteiger partial charge in [0.15, 0.2) is 11.5 Å². The molecule has 0 radical (unpaired) electrons. The molecule has 1 aliphatic carbocycles. The summed E-state index contributed by atoms with van der Waals surface area (Å²) in [6.45, 7) is 3.27. The van der Waals surface area contributed by atoms with Gasteiger partial charge in [-0.25, -0.2) is 0 Å². The van der Waals surface area contributed by atoms with Crippen molar-refractivity contribution in [3.8, 4) is 17.2 Å². The van der Waals surface area contributed by atoms with Crippen molar-refractivity contribution in [1.82, 2.24) is 0 Å². The summed E-state index contributed by atoms with van der Waals surface area (Å²) in [4.78, 5) is 0. The molecular weight excluding hydrogens is 254 g/mol. The average Bonchev–Trinajstić information content (AvgIpc) is 2.85. The Labute approximate surface area is 119 Å². The second kappa shape index (κ2) is 4.04. The highest BCUT2D eigenvalue weighted by atomic mass is 16.6. The Morgan fingerprint density at radius 1 is 1.05 bits per heavy atom. The highest BCUT2D eigenvalue weighted by Crippen LogP contribution is 2.54. The van der Waals surface area contributed by atoms with E-state index in [1.165, 1.54) is 12.8 Å². The summed E-state index contributed by atoms with van der Waals surface area (Å²) in [5.41, 5.74) is 7.17. The lowest BCUT2D eigenvalue weighted by Crippen LogP contribution is -2.49. The summed E-state index contributed by atoms with van der Waals surface area (Å²) >= 11 is 0. The van der Waals surface area contributed by atoms with E-state index in [1.807, 2.05) is 12.1 Å². The monoisotopic (exact) mass is 275 g/mol. The second-order valence-corrected chi connectivity index (χ2v) is 6.55. The van der Waals surface area contributed by atoms with E-state index in [0.717, 1.165) is 42.1 Å². The minimum atomic E-state index is -0.367. The van der Waals surface area contributed by atoms with Crippen LogP contribution < -0.4 is 19.9 Å². The van der Waals surface area contributed by atoms with Crippen LogP contribution in [0.5, 0.6) is 17.2 Å². The van der Waals surface area contributed by atoms with Crippen LogP contribution in [0.1, 0.15) is 44.6 Å². The second-order valence-electron chi connectivity index (χ2n) is 6.55. The topological polar surface area (TPSA) is 53.7 Å². The zero-order chi connectivity index (χ0) is 13.8. The Balaban J connectivity index is 1.86. The number of benzene rings is 1. The molecule has 3 aliphatic rings. The third-order valence-electron chi connectivity index (χ3n) is 4.80. The molecule has 4 nitrogen and oxygen atoms in total. The number of rotatable bonds is 0. The highest BCUT2D eigenvalue weighted by Gasteiger charge is 2.48. The zero-order valence-electron chi connectivity index (χ0n) is 11.9. The lowest BCUT2D eigenvalue weighted by molar-refractivity contribution is 0.0162. The van der Waals surface area contributed by atoms with Gasteiger partial charge in [-0.1, -0.05) is 0 Å². The minimum Gasteiger partial charge on any atom is -0.486 e. The van der Waals surface area contributed by atoms with E-state index in [1.54, 1.807) is 0 Å². The maximum absolute atomic E-state index is 6.60. The predicted molar refractivity (Wildman–Crippen MR) is 75.4 cm³/mol. The fraction of sp³-hybridized carbons (Fsp3) is 0.625. The van der Waals surface area contributed by atoms with Gasteiger partial charge < -0.3 is 19.9 Å². The van der Waals surface area contributed by atoms with Crippen LogP contribution in [0.2, 0.25) is 0 Å². The Morgan fingerprint density at radius 2 is 1.80 bits per heavy atom. The summed E-state index contributed by atoms with van der Waals surface area (Å²) < 4.78 is 17.9. The van der Waals surface area contributed by atoms with Gasteiger partial charge in [-0.15, -0.1) is 0 Å². The van der Waals surface area contributed by atoms with Gasteiger partial charge in [-0.3, -0.25) is 0 Å². The molecule has 1 saturated carbocycles. The third-order valence-corrected chi connectivity index (χ3v) is 4.80. The van der Waals surface area contributed by atoms with E-state index in [0.29, 0.717) is 13.2 Å². The normalized spacial score (nSPS) is 29.9. The molecular formula is C16H21NO3. The average molecular weight is 275 g/mol. The fourth-order valence-electron chi connectivity index (χ4n) is 3.96. The summed E-state index contributed by atoms with van der Waals surface area (Å²) in [7, 11) is 0. The molecule has 0 bridgehead atoms. The van der Waals surface area contributed by atoms with E-state index >= 15 is 0 Å². The molecule has 20 heavy (non-hydrogen) atoms. The summed E-state index contributed by atoms with van der Waals surface area (Å²) in [6, 6.07) is 3.99. The Bertz CT molecular complexity index is 547. The molecule has 1 fully saturated rings. The summed E-state index contributed by atoms with van der Waals surface area (Å²) in [5.74, 6) is 2.34. The molecule has 1 unspecified atom stereocenters. The Morgan fingerprint density at radius 3 is 2.60 bits per heavy atom. The molecule has 1 aromatic rings. The first kappa shape index (κ1) is 12.3. The van der Waals surface area contributed by atoms with Crippen LogP contribution in [0.3, 0.4) is 0 Å². The third kappa shape index (κ3) is 1.71. The molecule has 2 N–H and O–H groups in total. The molecule has 4 rings (SSSR count). The number of nitrogens with two attached hydrogens (primary N) is 1. The molecule has 0 amide bonds. The van der Waals surface area contributed by atoms with Crippen LogP contribution in [0.25, 0.3) is 0 Å². The summed E-state index contributed by atoms with van der Waals surface area (Å²) in [5, 5.41) is 0. The first-order valence-electron chi connectivity index (χ1n) is 7.51. The van der Waals surface area contributed by atoms with Crippen molar-refractivity contribution in [3.05, 3.63) is 17.7 Å². The van der Waals surface area contributed by atoms with Gasteiger partial charge in [0.2, 0.25) is 5.75 Å². The number of hydrogen-bond acceptors (Lipinski definition) is 4. The number of ether oxygens (including phenoxy) is 3. The van der Waals surface area contributed by atoms with Crippen molar-refractivity contribution in [2.45, 2.75) is 50.2 Å². The van der Waals surface area contributed by atoms with Crippen molar-refractivity contribution in [3.63, 3.8) is 0 Å². The van der Waals surface area contributed by atoms with Crippen molar-refractivity contribution < 1.29 is 14.2 Å². The van der Waals surface area contributed by atoms with Crippen LogP contribution in [0.4, 0.5) is 0 Å². The molecule has 1 spiro atoms. The molecule has 2 aliphatic heterocycles. The van der Waals surface area contributed by atoms with Crippen molar-refractivity contribution >= 4 is 0 Å². The molecule has 1 atom stereocenters. The van der Waals surface area contributed by atoms with Crippen LogP contribution in [0, 0.1) is 0 Å². The minimum absolute atomic E-state index is 0.105. The number of fused-ring (bicyclic) bond motifs is 3. The van der Waals surface area contributed by atoms with Gasteiger partial charge in [0.05, 0.1) is 0 Å². The number of hydrogen-bond donors (Lipinski definition) is 1. The first-order chi connectivity index (χ1) is 9.60. The quantitative estimate of drug-likeness (QED) is 0.791. The van der Waals surface area contributed by atoms with E-state index in [2.05, 4.69) is 6.92 Å². The van der Waals surface area contributed by atoms with Gasteiger partial charge in [-0.05, 0) is 44.7 Å². The van der Waals surface area contributed by atoms with Gasteiger partial charge in [0.25, 0.3) is 0 Å². The fourth-order valence-corrected chi connectivity index (χ4v) is 3.96. The van der Waals surface area contributed by atoms with Crippen molar-refractivity contribution in [2.75, 3.05) is 13.2 Å². The largest absolute Gasteiger partial charge is 0.486 e. The molecule has 0 saturated heterocycles. The van der Waals surface area contributed by atoms with E-state index in [-0.39, 0.29) is 11.1 Å². The lowest BCUT2D eigenvalue weighted by Gasteiger charge is -2.45. The Kier molecular flexibility index (Phi) is 2.49. The first-order valence-corrected chi connectivity index (χ1v) is 7.51. The lowest BCUT2D eigenvalue weighted by atomic mass is 9.77. The van der Waals surface area contributed by atoms with Crippen LogP contribution in [-0.2, 0) is 5.54 Å². The highest BCUT2D eigenvalue weighted by molar-refractivity contribution is 5.59. The van der Waals surface area contributed by atoms with Crippen LogP contribution in [0.15, 0.2) is 12.1 Å². The standard InChI is InChI=1S/C16H21NO3/c1-15(17)10-16(6-2-3-7-16)20-13-11(15)4-5-12-14(13)19-9-8-18-12/h4-5H,2-3,6-10,17H2,1H3. The molecule has 0 aromatic heterocycles. The smallest absolute Gasteiger partial charge is 0.204 e. The molecule has 2 heterocycles. The predicted octanol–water partition coefficient (Wildman–Crippen LogP) is 2.73. The van der Waals surface area contributed by atoms with Gasteiger partial charge >= 0.3 is 0 Å². The van der Waals surface area contributed by atoms with Crippen LogP contribution in [-0.4, -0.2) is 18.8 Å². The molecule has 1 aromatic carbocycles. The SMILES string of the molecule is CC1(N)CC2(CCCC2)Oc2c1ccc1c2OCCO1. The zero-order valence-corrected chi connectivity index (χ0v) is 11.9. The van der Waals surface area contributed by atoms with E-state index in [9.17, 15) is 0 Å². The van der Waals surface area contributed by atoms with E-state index in [4.69, 9.17) is 19.9 Å². The van der Waals surface area contributed by atoms with Gasteiger partial charge in [0, 0.05) is 17.5 Å². The Hall–Kier alpha value is -1.42. The van der Waals surface area contributed by atoms with Crippen LogP contribution >= 0.6 is 0 Å². The van der Waals surface area contributed by atoms with E-state index < -0.39 is 0 Å².